The average molecular weight is 376 g/mol. The summed E-state index contributed by atoms with van der Waals surface area (Å²) in [5, 5.41) is 7.50. The Balaban J connectivity index is 1.47. The molecule has 0 spiro atoms. The SMILES string of the molecule is Cc1nn(C)c(C)c1NC(=O)[C@@H](C)N1CCC(CN2CCCCCC2)CC1. The molecule has 1 amide bonds. The first kappa shape index (κ1) is 20.3. The molecule has 1 aromatic heterocycles. The van der Waals surface area contributed by atoms with Crippen molar-refractivity contribution in [2.24, 2.45) is 13.0 Å². The van der Waals surface area contributed by atoms with Gasteiger partial charge in [0, 0.05) is 13.6 Å². The highest BCUT2D eigenvalue weighted by molar-refractivity contribution is 5.95. The number of aryl methyl sites for hydroxylation is 2. The summed E-state index contributed by atoms with van der Waals surface area (Å²) in [6.07, 6.45) is 7.94. The molecule has 2 saturated heterocycles. The van der Waals surface area contributed by atoms with Crippen molar-refractivity contribution in [1.82, 2.24) is 19.6 Å². The van der Waals surface area contributed by atoms with E-state index in [1.165, 1.54) is 58.2 Å². The van der Waals surface area contributed by atoms with Crippen molar-refractivity contribution in [2.45, 2.75) is 65.3 Å². The van der Waals surface area contributed by atoms with Gasteiger partial charge in [-0.05, 0) is 78.6 Å². The minimum absolute atomic E-state index is 0.0835. The highest BCUT2D eigenvalue weighted by Crippen LogP contribution is 2.23. The van der Waals surface area contributed by atoms with E-state index in [1.54, 1.807) is 0 Å². The van der Waals surface area contributed by atoms with E-state index in [9.17, 15) is 4.79 Å². The smallest absolute Gasteiger partial charge is 0.241 e. The van der Waals surface area contributed by atoms with Gasteiger partial charge in [0.15, 0.2) is 0 Å². The van der Waals surface area contributed by atoms with E-state index in [1.807, 2.05) is 32.5 Å². The van der Waals surface area contributed by atoms with E-state index in [2.05, 4.69) is 20.2 Å². The van der Waals surface area contributed by atoms with Gasteiger partial charge >= 0.3 is 0 Å². The Hall–Kier alpha value is -1.40. The molecule has 1 atom stereocenters. The number of anilines is 1. The van der Waals surface area contributed by atoms with Crippen LogP contribution in [-0.2, 0) is 11.8 Å². The molecule has 6 nitrogen and oxygen atoms in total. The lowest BCUT2D eigenvalue weighted by Crippen LogP contribution is -2.47. The lowest BCUT2D eigenvalue weighted by Gasteiger charge is -2.37. The molecule has 0 unspecified atom stereocenters. The van der Waals surface area contributed by atoms with E-state index in [0.29, 0.717) is 0 Å². The number of amides is 1. The zero-order chi connectivity index (χ0) is 19.4. The summed E-state index contributed by atoms with van der Waals surface area (Å²) >= 11 is 0. The van der Waals surface area contributed by atoms with Gasteiger partial charge in [-0.15, -0.1) is 0 Å². The number of rotatable bonds is 5. The number of carbonyl (C=O) groups is 1. The van der Waals surface area contributed by atoms with Crippen molar-refractivity contribution >= 4 is 11.6 Å². The van der Waals surface area contributed by atoms with Crippen LogP contribution in [0, 0.1) is 19.8 Å². The van der Waals surface area contributed by atoms with Crippen LogP contribution in [0.2, 0.25) is 0 Å². The maximum absolute atomic E-state index is 12.8. The van der Waals surface area contributed by atoms with Crippen molar-refractivity contribution in [2.75, 3.05) is 38.0 Å². The summed E-state index contributed by atoms with van der Waals surface area (Å²) in [6.45, 7) is 11.8. The summed E-state index contributed by atoms with van der Waals surface area (Å²) in [7, 11) is 1.91. The third kappa shape index (κ3) is 5.11. The first-order valence-electron chi connectivity index (χ1n) is 10.7. The third-order valence-corrected chi connectivity index (χ3v) is 6.55. The Bertz CT molecular complexity index is 625. The molecule has 0 radical (unpaired) electrons. The molecule has 1 aromatic rings. The first-order valence-corrected chi connectivity index (χ1v) is 10.7. The quantitative estimate of drug-likeness (QED) is 0.860. The lowest BCUT2D eigenvalue weighted by atomic mass is 9.95. The highest BCUT2D eigenvalue weighted by atomic mass is 16.2. The first-order chi connectivity index (χ1) is 13.0. The van der Waals surface area contributed by atoms with E-state index < -0.39 is 0 Å². The fourth-order valence-corrected chi connectivity index (χ4v) is 4.55. The fraction of sp³-hybridized carbons (Fsp3) is 0.810. The zero-order valence-electron chi connectivity index (χ0n) is 17.6. The highest BCUT2D eigenvalue weighted by Gasteiger charge is 2.28. The lowest BCUT2D eigenvalue weighted by molar-refractivity contribution is -0.121. The summed E-state index contributed by atoms with van der Waals surface area (Å²) in [6, 6.07) is -0.0943. The maximum atomic E-state index is 12.8. The van der Waals surface area contributed by atoms with E-state index in [-0.39, 0.29) is 11.9 Å². The molecule has 0 aromatic carbocycles. The summed E-state index contributed by atoms with van der Waals surface area (Å²) < 4.78 is 1.82. The Morgan fingerprint density at radius 2 is 1.74 bits per heavy atom. The predicted molar refractivity (Wildman–Crippen MR) is 110 cm³/mol. The summed E-state index contributed by atoms with van der Waals surface area (Å²) in [5.74, 6) is 0.873. The molecule has 0 bridgehead atoms. The summed E-state index contributed by atoms with van der Waals surface area (Å²) in [4.78, 5) is 17.8. The van der Waals surface area contributed by atoms with Gasteiger partial charge in [-0.3, -0.25) is 14.4 Å². The van der Waals surface area contributed by atoms with Gasteiger partial charge < -0.3 is 10.2 Å². The molecule has 2 fully saturated rings. The molecular formula is C21H37N5O. The molecule has 2 aliphatic rings. The molecule has 0 saturated carbocycles. The third-order valence-electron chi connectivity index (χ3n) is 6.55. The van der Waals surface area contributed by atoms with Gasteiger partial charge in [0.25, 0.3) is 0 Å². The molecule has 6 heteroatoms. The Labute approximate surface area is 164 Å². The topological polar surface area (TPSA) is 53.4 Å². The Kier molecular flexibility index (Phi) is 6.93. The van der Waals surface area contributed by atoms with Crippen LogP contribution >= 0.6 is 0 Å². The normalized spacial score (nSPS) is 21.8. The van der Waals surface area contributed by atoms with Gasteiger partial charge in [-0.25, -0.2) is 0 Å². The van der Waals surface area contributed by atoms with Crippen molar-refractivity contribution < 1.29 is 4.79 Å². The molecule has 2 aliphatic heterocycles. The van der Waals surface area contributed by atoms with Crippen LogP contribution in [0.1, 0.15) is 56.8 Å². The van der Waals surface area contributed by atoms with Crippen LogP contribution in [-0.4, -0.2) is 64.3 Å². The largest absolute Gasteiger partial charge is 0.322 e. The monoisotopic (exact) mass is 375 g/mol. The predicted octanol–water partition coefficient (Wildman–Crippen LogP) is 2.95. The van der Waals surface area contributed by atoms with E-state index in [4.69, 9.17) is 0 Å². The molecule has 0 aliphatic carbocycles. The number of nitrogens with zero attached hydrogens (tertiary/aromatic N) is 4. The van der Waals surface area contributed by atoms with Crippen molar-refractivity contribution in [3.05, 3.63) is 11.4 Å². The molecule has 1 N–H and O–H groups in total. The molecule has 27 heavy (non-hydrogen) atoms. The average Bonchev–Trinajstić information content (AvgIpc) is 2.86. The minimum atomic E-state index is -0.0943. The summed E-state index contributed by atoms with van der Waals surface area (Å²) in [5.41, 5.74) is 2.75. The molecule has 3 heterocycles. The number of likely N-dealkylation sites (tertiary alicyclic amines) is 2. The number of hydrogen-bond acceptors (Lipinski definition) is 4. The number of carbonyl (C=O) groups excluding carboxylic acids is 1. The van der Waals surface area contributed by atoms with E-state index in [0.717, 1.165) is 36.1 Å². The van der Waals surface area contributed by atoms with Gasteiger partial charge in [0.2, 0.25) is 5.91 Å². The Morgan fingerprint density at radius 1 is 1.11 bits per heavy atom. The number of hydrogen-bond donors (Lipinski definition) is 1. The van der Waals surface area contributed by atoms with Crippen LogP contribution in [0.4, 0.5) is 5.69 Å². The number of nitrogens with one attached hydrogen (secondary N) is 1. The van der Waals surface area contributed by atoms with Crippen molar-refractivity contribution in [3.63, 3.8) is 0 Å². The second kappa shape index (κ2) is 9.20. The molecular weight excluding hydrogens is 338 g/mol. The Morgan fingerprint density at radius 3 is 2.30 bits per heavy atom. The molecule has 152 valence electrons. The van der Waals surface area contributed by atoms with Gasteiger partial charge in [-0.2, -0.15) is 5.10 Å². The van der Waals surface area contributed by atoms with Gasteiger partial charge in [-0.1, -0.05) is 12.8 Å². The maximum Gasteiger partial charge on any atom is 0.241 e. The second-order valence-corrected chi connectivity index (χ2v) is 8.53. The van der Waals surface area contributed by atoms with Gasteiger partial charge in [0.1, 0.15) is 0 Å². The minimum Gasteiger partial charge on any atom is -0.322 e. The van der Waals surface area contributed by atoms with Crippen LogP contribution in [0.3, 0.4) is 0 Å². The fourth-order valence-electron chi connectivity index (χ4n) is 4.55. The van der Waals surface area contributed by atoms with Crippen LogP contribution in [0.25, 0.3) is 0 Å². The van der Waals surface area contributed by atoms with E-state index >= 15 is 0 Å². The van der Waals surface area contributed by atoms with Crippen LogP contribution in [0.5, 0.6) is 0 Å². The second-order valence-electron chi connectivity index (χ2n) is 8.53. The van der Waals surface area contributed by atoms with Crippen molar-refractivity contribution in [1.29, 1.82) is 0 Å². The number of aromatic nitrogens is 2. The van der Waals surface area contributed by atoms with Gasteiger partial charge in [0.05, 0.1) is 23.1 Å². The zero-order valence-corrected chi connectivity index (χ0v) is 17.6. The van der Waals surface area contributed by atoms with Crippen molar-refractivity contribution in [3.8, 4) is 0 Å². The number of piperidine rings is 1. The molecule has 3 rings (SSSR count). The van der Waals surface area contributed by atoms with Crippen LogP contribution in [0.15, 0.2) is 0 Å². The standard InChI is InChI=1S/C21H37N5O/c1-16-20(17(2)24(4)23-16)22-21(27)18(3)26-13-9-19(10-14-26)15-25-11-7-5-6-8-12-25/h18-19H,5-15H2,1-4H3,(H,22,27)/t18-/m1/s1. The van der Waals surface area contributed by atoms with Crippen LogP contribution < -0.4 is 5.32 Å².